The van der Waals surface area contributed by atoms with E-state index in [2.05, 4.69) is 35.0 Å². The van der Waals surface area contributed by atoms with Crippen LogP contribution < -0.4 is 4.74 Å². The van der Waals surface area contributed by atoms with Crippen LogP contribution in [0.4, 0.5) is 13.2 Å². The van der Waals surface area contributed by atoms with E-state index in [-0.39, 0.29) is 11.5 Å². The van der Waals surface area contributed by atoms with Gasteiger partial charge < -0.3 is 14.2 Å². The first-order chi connectivity index (χ1) is 19.2. The van der Waals surface area contributed by atoms with Gasteiger partial charge in [0.05, 0.1) is 42.5 Å². The lowest BCUT2D eigenvalue weighted by Crippen LogP contribution is -2.51. The fourth-order valence-corrected chi connectivity index (χ4v) is 6.40. The van der Waals surface area contributed by atoms with Crippen LogP contribution in [0.5, 0.6) is 5.75 Å². The van der Waals surface area contributed by atoms with E-state index in [1.54, 1.807) is 12.1 Å². The van der Waals surface area contributed by atoms with Crippen molar-refractivity contribution in [1.29, 1.82) is 0 Å². The zero-order valence-corrected chi connectivity index (χ0v) is 22.7. The third-order valence-electron chi connectivity index (χ3n) is 8.77. The number of imidazole rings is 1. The van der Waals surface area contributed by atoms with Crippen LogP contribution in [-0.2, 0) is 12.6 Å². The van der Waals surface area contributed by atoms with Gasteiger partial charge in [-0.25, -0.2) is 4.98 Å². The monoisotopic (exact) mass is 547 g/mol. The lowest BCUT2D eigenvalue weighted by atomic mass is 9.86. The maximum Gasteiger partial charge on any atom is 0.416 e. The van der Waals surface area contributed by atoms with Crippen LogP contribution in [0.15, 0.2) is 59.6 Å². The predicted octanol–water partition coefficient (Wildman–Crippen LogP) is 6.39. The Morgan fingerprint density at radius 2 is 1.93 bits per heavy atom. The van der Waals surface area contributed by atoms with Crippen molar-refractivity contribution in [3.05, 3.63) is 82.4 Å². The highest BCUT2D eigenvalue weighted by molar-refractivity contribution is 6.03. The molecule has 1 spiro atoms. The number of fused-ring (bicyclic) bond motifs is 2. The number of alkyl halides is 3. The number of halogens is 3. The zero-order chi connectivity index (χ0) is 27.6. The average molecular weight is 548 g/mol. The second-order valence-electron chi connectivity index (χ2n) is 11.5. The number of nitrogens with zero attached hydrogens (tertiary/aromatic N) is 5. The Kier molecular flexibility index (Phi) is 5.77. The van der Waals surface area contributed by atoms with Gasteiger partial charge in [-0.05, 0) is 79.5 Å². The molecule has 0 N–H and O–H groups in total. The molecule has 7 rings (SSSR count). The number of ether oxygens (including phenoxy) is 1. The average Bonchev–Trinajstić information content (AvgIpc) is 3.29. The number of piperidine rings is 1. The molecular formula is C31H32F3N5O. The van der Waals surface area contributed by atoms with Gasteiger partial charge in [-0.3, -0.25) is 5.01 Å². The minimum absolute atomic E-state index is 0.0585. The van der Waals surface area contributed by atoms with E-state index in [0.29, 0.717) is 13.2 Å². The van der Waals surface area contributed by atoms with Crippen LogP contribution in [0.1, 0.15) is 60.2 Å². The van der Waals surface area contributed by atoms with Gasteiger partial charge in [-0.2, -0.15) is 18.3 Å². The van der Waals surface area contributed by atoms with Crippen LogP contribution in [0.2, 0.25) is 0 Å². The van der Waals surface area contributed by atoms with E-state index in [0.717, 1.165) is 72.9 Å². The molecule has 1 aromatic heterocycles. The maximum absolute atomic E-state index is 13.3. The normalized spacial score (nSPS) is 22.3. The molecule has 4 heterocycles. The predicted molar refractivity (Wildman–Crippen MR) is 147 cm³/mol. The maximum atomic E-state index is 13.3. The second kappa shape index (κ2) is 9.14. The third-order valence-corrected chi connectivity index (χ3v) is 8.77. The molecule has 3 aromatic rings. The molecule has 2 fully saturated rings. The Balaban J connectivity index is 1.28. The Hall–Kier alpha value is -3.75. The highest BCUT2D eigenvalue weighted by atomic mass is 19.4. The largest absolute Gasteiger partial charge is 0.491 e. The summed E-state index contributed by atoms with van der Waals surface area (Å²) >= 11 is 0. The summed E-state index contributed by atoms with van der Waals surface area (Å²) in [7, 11) is 0. The van der Waals surface area contributed by atoms with Crippen molar-refractivity contribution >= 4 is 11.9 Å². The first kappa shape index (κ1) is 25.2. The summed E-state index contributed by atoms with van der Waals surface area (Å²) < 4.78 is 48.0. The third kappa shape index (κ3) is 4.35. The van der Waals surface area contributed by atoms with Crippen molar-refractivity contribution in [2.75, 3.05) is 26.2 Å². The summed E-state index contributed by atoms with van der Waals surface area (Å²) in [4.78, 5) is 6.74. The number of amidine groups is 1. The van der Waals surface area contributed by atoms with Gasteiger partial charge in [0.2, 0.25) is 0 Å². The van der Waals surface area contributed by atoms with Gasteiger partial charge in [-0.1, -0.05) is 18.2 Å². The quantitative estimate of drug-likeness (QED) is 0.380. The standard InChI is InChI=1S/C31H32F3N5O/c1-3-38-17-27(21-4-7-24(8-5-21)31(32,33)34)39-18-30(11-12-30)15-23(29(39)36-38)14-22-6-9-26(28-25(22)10-13-40-28)37-16-20(2)35-19-37/h4-9,14,16,19,27H,3,10-13,15,17-18H2,1-2H3/b23-14+. The highest BCUT2D eigenvalue weighted by Gasteiger charge is 2.51. The number of rotatable bonds is 4. The molecule has 1 saturated carbocycles. The molecule has 2 aromatic carbocycles. The molecule has 1 aliphatic carbocycles. The number of aromatic nitrogens is 2. The molecule has 0 amide bonds. The molecule has 208 valence electrons. The fraction of sp³-hybridized carbons (Fsp3) is 0.419. The van der Waals surface area contributed by atoms with Crippen LogP contribution in [0.25, 0.3) is 11.8 Å². The minimum Gasteiger partial charge on any atom is -0.491 e. The molecule has 0 radical (unpaired) electrons. The summed E-state index contributed by atoms with van der Waals surface area (Å²) in [6.45, 7) is 6.95. The smallest absolute Gasteiger partial charge is 0.416 e. The van der Waals surface area contributed by atoms with Crippen molar-refractivity contribution in [2.45, 2.75) is 51.7 Å². The number of aryl methyl sites for hydroxylation is 1. The van der Waals surface area contributed by atoms with Crippen molar-refractivity contribution < 1.29 is 17.9 Å². The molecule has 3 aliphatic heterocycles. The summed E-state index contributed by atoms with van der Waals surface area (Å²) in [6.07, 6.45) is 5.87. The molecule has 40 heavy (non-hydrogen) atoms. The van der Waals surface area contributed by atoms with E-state index in [9.17, 15) is 13.2 Å². The first-order valence-corrected chi connectivity index (χ1v) is 14.0. The molecule has 1 unspecified atom stereocenters. The Bertz CT molecular complexity index is 1520. The lowest BCUT2D eigenvalue weighted by Gasteiger charge is -2.47. The van der Waals surface area contributed by atoms with Crippen molar-refractivity contribution in [3.63, 3.8) is 0 Å². The van der Waals surface area contributed by atoms with Crippen molar-refractivity contribution in [3.8, 4) is 11.4 Å². The topological polar surface area (TPSA) is 45.9 Å². The Morgan fingerprint density at radius 3 is 2.60 bits per heavy atom. The summed E-state index contributed by atoms with van der Waals surface area (Å²) in [5.74, 6) is 1.85. The van der Waals surface area contributed by atoms with Gasteiger partial charge in [0, 0.05) is 31.3 Å². The van der Waals surface area contributed by atoms with Crippen molar-refractivity contribution in [1.82, 2.24) is 19.5 Å². The second-order valence-corrected chi connectivity index (χ2v) is 11.5. The van der Waals surface area contributed by atoms with Crippen LogP contribution in [0.3, 0.4) is 0 Å². The van der Waals surface area contributed by atoms with E-state index >= 15 is 0 Å². The fourth-order valence-electron chi connectivity index (χ4n) is 6.40. The lowest BCUT2D eigenvalue weighted by molar-refractivity contribution is -0.137. The van der Waals surface area contributed by atoms with E-state index in [1.807, 2.05) is 29.0 Å². The van der Waals surface area contributed by atoms with Crippen LogP contribution >= 0.6 is 0 Å². The highest BCUT2D eigenvalue weighted by Crippen LogP contribution is 2.56. The number of hydrogen-bond donors (Lipinski definition) is 0. The van der Waals surface area contributed by atoms with E-state index in [1.165, 1.54) is 23.3 Å². The van der Waals surface area contributed by atoms with Gasteiger partial charge in [-0.15, -0.1) is 0 Å². The van der Waals surface area contributed by atoms with Gasteiger partial charge in [0.1, 0.15) is 5.75 Å². The Labute approximate surface area is 231 Å². The molecule has 0 bridgehead atoms. The number of benzene rings is 2. The molecule has 1 atom stereocenters. The summed E-state index contributed by atoms with van der Waals surface area (Å²) in [5, 5.41) is 7.12. The number of hydrogen-bond acceptors (Lipinski definition) is 5. The SMILES string of the molecule is CCN1CC(c2ccc(C(F)(F)F)cc2)N2CC3(CC3)C/C(=C\c3ccc(-n4cnc(C)c4)c4c3CCO4)C2=N1. The summed E-state index contributed by atoms with van der Waals surface area (Å²) in [5.41, 5.74) is 5.96. The molecule has 9 heteroatoms. The van der Waals surface area contributed by atoms with Gasteiger partial charge >= 0.3 is 6.18 Å². The molecular weight excluding hydrogens is 515 g/mol. The van der Waals surface area contributed by atoms with Gasteiger partial charge in [0.25, 0.3) is 0 Å². The molecule has 6 nitrogen and oxygen atoms in total. The Morgan fingerprint density at radius 1 is 1.12 bits per heavy atom. The first-order valence-electron chi connectivity index (χ1n) is 14.0. The van der Waals surface area contributed by atoms with E-state index < -0.39 is 11.7 Å². The molecule has 4 aliphatic rings. The molecule has 1 saturated heterocycles. The summed E-state index contributed by atoms with van der Waals surface area (Å²) in [6, 6.07) is 9.89. The van der Waals surface area contributed by atoms with E-state index in [4.69, 9.17) is 9.84 Å². The minimum atomic E-state index is -4.34. The number of likely N-dealkylation sites (N-methyl/N-ethyl adjacent to an activating group) is 1. The van der Waals surface area contributed by atoms with Gasteiger partial charge in [0.15, 0.2) is 5.84 Å². The van der Waals surface area contributed by atoms with Crippen LogP contribution in [-0.4, -0.2) is 51.5 Å². The zero-order valence-electron chi connectivity index (χ0n) is 22.7. The van der Waals surface area contributed by atoms with Crippen molar-refractivity contribution in [2.24, 2.45) is 10.5 Å². The van der Waals surface area contributed by atoms with Crippen LogP contribution in [0, 0.1) is 12.3 Å². The number of hydrazone groups is 1.